The van der Waals surface area contributed by atoms with E-state index >= 15 is 0 Å². The number of primary amides is 1. The molecule has 1 atom stereocenters. The van der Waals surface area contributed by atoms with Crippen LogP contribution in [0.1, 0.15) is 13.8 Å². The number of ether oxygens (including phenoxy) is 3. The lowest BCUT2D eigenvalue weighted by Crippen LogP contribution is -2.54. The van der Waals surface area contributed by atoms with Gasteiger partial charge in [0, 0.05) is 19.8 Å². The van der Waals surface area contributed by atoms with Crippen LogP contribution in [0.4, 0.5) is 0 Å². The monoisotopic (exact) mass is 246 g/mol. The minimum atomic E-state index is -0.382. The normalized spacial score (nSPS) is 21.9. The van der Waals surface area contributed by atoms with Crippen LogP contribution in [0.2, 0.25) is 0 Å². The van der Waals surface area contributed by atoms with Crippen LogP contribution in [0.5, 0.6) is 0 Å². The molecule has 0 aliphatic carbocycles. The summed E-state index contributed by atoms with van der Waals surface area (Å²) in [5.41, 5.74) is 5.34. The molecule has 0 bridgehead atoms. The SMILES string of the molecule is CCOC(CN1CCOCC1C(N)=O)OCC. The molecule has 6 nitrogen and oxygen atoms in total. The number of carbonyl (C=O) groups excluding carboxylic acids is 1. The summed E-state index contributed by atoms with van der Waals surface area (Å²) in [6.07, 6.45) is -0.315. The van der Waals surface area contributed by atoms with Crippen molar-refractivity contribution in [2.24, 2.45) is 5.73 Å². The molecule has 1 aliphatic rings. The van der Waals surface area contributed by atoms with Gasteiger partial charge in [0.25, 0.3) is 0 Å². The average molecular weight is 246 g/mol. The van der Waals surface area contributed by atoms with Gasteiger partial charge in [0.15, 0.2) is 6.29 Å². The minimum Gasteiger partial charge on any atom is -0.378 e. The van der Waals surface area contributed by atoms with Crippen molar-refractivity contribution in [2.45, 2.75) is 26.2 Å². The van der Waals surface area contributed by atoms with E-state index in [1.807, 2.05) is 18.7 Å². The molecule has 0 spiro atoms. The number of hydrogen-bond donors (Lipinski definition) is 1. The highest BCUT2D eigenvalue weighted by Crippen LogP contribution is 2.09. The molecule has 0 aromatic carbocycles. The summed E-state index contributed by atoms with van der Waals surface area (Å²) in [5, 5.41) is 0. The second-order valence-electron chi connectivity index (χ2n) is 3.83. The average Bonchev–Trinajstić information content (AvgIpc) is 2.30. The van der Waals surface area contributed by atoms with E-state index in [0.29, 0.717) is 39.5 Å². The molecule has 0 aromatic heterocycles. The zero-order valence-electron chi connectivity index (χ0n) is 10.6. The van der Waals surface area contributed by atoms with Gasteiger partial charge >= 0.3 is 0 Å². The van der Waals surface area contributed by atoms with Crippen LogP contribution in [0.25, 0.3) is 0 Å². The molecule has 6 heteroatoms. The summed E-state index contributed by atoms with van der Waals surface area (Å²) in [6, 6.07) is -0.382. The molecule has 2 N–H and O–H groups in total. The van der Waals surface area contributed by atoms with E-state index in [-0.39, 0.29) is 18.2 Å². The molecule has 1 amide bonds. The zero-order valence-corrected chi connectivity index (χ0v) is 10.6. The van der Waals surface area contributed by atoms with Gasteiger partial charge in [0.05, 0.1) is 19.8 Å². The van der Waals surface area contributed by atoms with E-state index in [0.717, 1.165) is 0 Å². The fourth-order valence-electron chi connectivity index (χ4n) is 1.84. The van der Waals surface area contributed by atoms with E-state index in [9.17, 15) is 4.79 Å². The molecule has 0 saturated carbocycles. The third-order valence-electron chi connectivity index (χ3n) is 2.66. The molecule has 0 aromatic rings. The van der Waals surface area contributed by atoms with Gasteiger partial charge in [-0.1, -0.05) is 0 Å². The first-order chi connectivity index (χ1) is 8.19. The molecule has 1 fully saturated rings. The number of amides is 1. The van der Waals surface area contributed by atoms with Crippen LogP contribution in [0.15, 0.2) is 0 Å². The van der Waals surface area contributed by atoms with Gasteiger partial charge < -0.3 is 19.9 Å². The van der Waals surface area contributed by atoms with Gasteiger partial charge in [0.2, 0.25) is 5.91 Å². The molecule has 1 heterocycles. The molecule has 1 aliphatic heterocycles. The van der Waals surface area contributed by atoms with Gasteiger partial charge in [-0.15, -0.1) is 0 Å². The molecular formula is C11H22N2O4. The Morgan fingerprint density at radius 3 is 2.65 bits per heavy atom. The van der Waals surface area contributed by atoms with Crippen molar-refractivity contribution in [3.05, 3.63) is 0 Å². The summed E-state index contributed by atoms with van der Waals surface area (Å²) in [5.74, 6) is -0.364. The first-order valence-electron chi connectivity index (χ1n) is 6.03. The highest BCUT2D eigenvalue weighted by molar-refractivity contribution is 5.80. The van der Waals surface area contributed by atoms with Crippen molar-refractivity contribution in [1.29, 1.82) is 0 Å². The van der Waals surface area contributed by atoms with Crippen molar-refractivity contribution in [3.63, 3.8) is 0 Å². The standard InChI is InChI=1S/C11H22N2O4/c1-3-16-10(17-4-2)7-13-5-6-15-8-9(13)11(12)14/h9-10H,3-8H2,1-2H3,(H2,12,14). The van der Waals surface area contributed by atoms with Crippen LogP contribution < -0.4 is 5.73 Å². The van der Waals surface area contributed by atoms with Crippen LogP contribution in [0.3, 0.4) is 0 Å². The third kappa shape index (κ3) is 4.59. The Kier molecular flexibility index (Phi) is 6.43. The van der Waals surface area contributed by atoms with Crippen LogP contribution in [0, 0.1) is 0 Å². The van der Waals surface area contributed by atoms with Crippen molar-refractivity contribution in [1.82, 2.24) is 4.90 Å². The molecule has 0 radical (unpaired) electrons. The maximum atomic E-state index is 11.3. The molecule has 17 heavy (non-hydrogen) atoms. The number of rotatable bonds is 7. The summed E-state index contributed by atoms with van der Waals surface area (Å²) >= 11 is 0. The largest absolute Gasteiger partial charge is 0.378 e. The molecule has 1 saturated heterocycles. The topological polar surface area (TPSA) is 74.0 Å². The Morgan fingerprint density at radius 1 is 1.47 bits per heavy atom. The highest BCUT2D eigenvalue weighted by Gasteiger charge is 2.29. The fourth-order valence-corrected chi connectivity index (χ4v) is 1.84. The Bertz CT molecular complexity index is 232. The molecule has 1 unspecified atom stereocenters. The first kappa shape index (κ1) is 14.4. The maximum absolute atomic E-state index is 11.3. The molecule has 100 valence electrons. The quantitative estimate of drug-likeness (QED) is 0.617. The van der Waals surface area contributed by atoms with E-state index in [2.05, 4.69) is 0 Å². The molecular weight excluding hydrogens is 224 g/mol. The smallest absolute Gasteiger partial charge is 0.237 e. The Balaban J connectivity index is 2.52. The Hall–Kier alpha value is -0.690. The maximum Gasteiger partial charge on any atom is 0.237 e. The van der Waals surface area contributed by atoms with Gasteiger partial charge in [-0.05, 0) is 13.8 Å². The summed E-state index contributed by atoms with van der Waals surface area (Å²) in [7, 11) is 0. The van der Waals surface area contributed by atoms with Crippen molar-refractivity contribution in [2.75, 3.05) is 39.5 Å². The minimum absolute atomic E-state index is 0.315. The summed E-state index contributed by atoms with van der Waals surface area (Å²) in [4.78, 5) is 13.2. The van der Waals surface area contributed by atoms with Crippen molar-refractivity contribution in [3.8, 4) is 0 Å². The second kappa shape index (κ2) is 7.60. The highest BCUT2D eigenvalue weighted by atomic mass is 16.7. The van der Waals surface area contributed by atoms with E-state index in [1.165, 1.54) is 0 Å². The predicted molar refractivity (Wildman–Crippen MR) is 62.4 cm³/mol. The van der Waals surface area contributed by atoms with Gasteiger partial charge in [-0.2, -0.15) is 0 Å². The van der Waals surface area contributed by atoms with Crippen molar-refractivity contribution < 1.29 is 19.0 Å². The van der Waals surface area contributed by atoms with Gasteiger partial charge in [-0.25, -0.2) is 0 Å². The number of nitrogens with zero attached hydrogens (tertiary/aromatic N) is 1. The Labute approximate surface area is 102 Å². The van der Waals surface area contributed by atoms with Crippen LogP contribution in [-0.4, -0.2) is 62.7 Å². The van der Waals surface area contributed by atoms with E-state index in [4.69, 9.17) is 19.9 Å². The molecule has 1 rings (SSSR count). The Morgan fingerprint density at radius 2 is 2.12 bits per heavy atom. The number of carbonyl (C=O) groups is 1. The number of morpholine rings is 1. The fraction of sp³-hybridized carbons (Fsp3) is 0.909. The van der Waals surface area contributed by atoms with Gasteiger partial charge in [0.1, 0.15) is 6.04 Å². The predicted octanol–water partition coefficient (Wildman–Crippen LogP) is -0.428. The van der Waals surface area contributed by atoms with E-state index in [1.54, 1.807) is 0 Å². The van der Waals surface area contributed by atoms with E-state index < -0.39 is 0 Å². The third-order valence-corrected chi connectivity index (χ3v) is 2.66. The van der Waals surface area contributed by atoms with Crippen molar-refractivity contribution >= 4 is 5.91 Å². The lowest BCUT2D eigenvalue weighted by Gasteiger charge is -2.35. The summed E-state index contributed by atoms with van der Waals surface area (Å²) in [6.45, 7) is 7.15. The lowest BCUT2D eigenvalue weighted by molar-refractivity contribution is -0.162. The lowest BCUT2D eigenvalue weighted by atomic mass is 10.2. The zero-order chi connectivity index (χ0) is 12.7. The van der Waals surface area contributed by atoms with Crippen LogP contribution in [-0.2, 0) is 19.0 Å². The first-order valence-corrected chi connectivity index (χ1v) is 6.03. The second-order valence-corrected chi connectivity index (χ2v) is 3.83. The summed E-state index contributed by atoms with van der Waals surface area (Å²) < 4.78 is 16.2. The number of hydrogen-bond acceptors (Lipinski definition) is 5. The number of nitrogens with two attached hydrogens (primary N) is 1. The van der Waals surface area contributed by atoms with Gasteiger partial charge in [-0.3, -0.25) is 9.69 Å². The van der Waals surface area contributed by atoms with Crippen LogP contribution >= 0.6 is 0 Å².